The summed E-state index contributed by atoms with van der Waals surface area (Å²) in [6.45, 7) is -0.538. The number of rotatable bonds is 5. The van der Waals surface area contributed by atoms with Gasteiger partial charge in [-0.25, -0.2) is 4.98 Å². The predicted molar refractivity (Wildman–Crippen MR) is 95.0 cm³/mol. The van der Waals surface area contributed by atoms with Crippen LogP contribution in [0.15, 0.2) is 29.6 Å². The van der Waals surface area contributed by atoms with Gasteiger partial charge in [0.05, 0.1) is 17.3 Å². The Hall–Kier alpha value is -2.14. The number of nitrogens with zero attached hydrogens (tertiary/aromatic N) is 2. The molecule has 1 amide bonds. The van der Waals surface area contributed by atoms with Gasteiger partial charge in [-0.05, 0) is 31.5 Å². The Balaban J connectivity index is 1.64. The van der Waals surface area contributed by atoms with Crippen LogP contribution in [0.4, 0.5) is 26.3 Å². The summed E-state index contributed by atoms with van der Waals surface area (Å²) in [6, 6.07) is 3.99. The number of alkyl halides is 6. The summed E-state index contributed by atoms with van der Waals surface area (Å²) in [4.78, 5) is 18.2. The maximum Gasteiger partial charge on any atom is 0.416 e. The van der Waals surface area contributed by atoms with Gasteiger partial charge in [0.25, 0.3) is 0 Å². The SMILES string of the molecule is O=C(NCC(F)(F)F)C1CCCN1Cc1csc(-c2ccc(C(F)(F)F)cc2)n1. The molecule has 158 valence electrons. The lowest BCUT2D eigenvalue weighted by Gasteiger charge is -2.23. The molecule has 1 N–H and O–H groups in total. The molecule has 1 fully saturated rings. The minimum atomic E-state index is -4.47. The van der Waals surface area contributed by atoms with Gasteiger partial charge in [0.15, 0.2) is 0 Å². The summed E-state index contributed by atoms with van der Waals surface area (Å²) in [7, 11) is 0. The first-order valence-corrected chi connectivity index (χ1v) is 9.61. The fourth-order valence-corrected chi connectivity index (χ4v) is 3.96. The molecule has 0 radical (unpaired) electrons. The third kappa shape index (κ3) is 5.69. The molecule has 0 saturated carbocycles. The maximum absolute atomic E-state index is 12.7. The van der Waals surface area contributed by atoms with E-state index in [0.29, 0.717) is 35.7 Å². The van der Waals surface area contributed by atoms with Crippen LogP contribution in [0.25, 0.3) is 10.6 Å². The highest BCUT2D eigenvalue weighted by Gasteiger charge is 2.34. The van der Waals surface area contributed by atoms with Crippen molar-refractivity contribution >= 4 is 17.2 Å². The number of aromatic nitrogens is 1. The average molecular weight is 437 g/mol. The lowest BCUT2D eigenvalue weighted by molar-refractivity contribution is -0.141. The van der Waals surface area contributed by atoms with Gasteiger partial charge in [-0.1, -0.05) is 12.1 Å². The molecule has 1 aromatic carbocycles. The van der Waals surface area contributed by atoms with Crippen LogP contribution in [0.3, 0.4) is 0 Å². The zero-order valence-electron chi connectivity index (χ0n) is 15.0. The Labute approximate surface area is 166 Å². The van der Waals surface area contributed by atoms with E-state index in [9.17, 15) is 31.1 Å². The molecular formula is C18H17F6N3OS. The van der Waals surface area contributed by atoms with Crippen LogP contribution in [-0.4, -0.2) is 41.1 Å². The van der Waals surface area contributed by atoms with Crippen molar-refractivity contribution in [2.45, 2.75) is 37.8 Å². The molecule has 2 aromatic rings. The van der Waals surface area contributed by atoms with Gasteiger partial charge in [0.2, 0.25) is 5.91 Å². The van der Waals surface area contributed by atoms with Gasteiger partial charge in [0, 0.05) is 17.5 Å². The van der Waals surface area contributed by atoms with Crippen LogP contribution >= 0.6 is 11.3 Å². The topological polar surface area (TPSA) is 45.2 Å². The van der Waals surface area contributed by atoms with Crippen molar-refractivity contribution in [2.24, 2.45) is 0 Å². The minimum Gasteiger partial charge on any atom is -0.346 e. The number of carbonyl (C=O) groups excluding carboxylic acids is 1. The van der Waals surface area contributed by atoms with E-state index in [1.165, 1.54) is 23.5 Å². The van der Waals surface area contributed by atoms with Gasteiger partial charge < -0.3 is 5.32 Å². The molecule has 2 heterocycles. The molecule has 29 heavy (non-hydrogen) atoms. The van der Waals surface area contributed by atoms with E-state index < -0.39 is 36.4 Å². The highest BCUT2D eigenvalue weighted by Crippen LogP contribution is 2.32. The molecule has 0 aliphatic carbocycles. The number of halogens is 6. The molecule has 1 aromatic heterocycles. The summed E-state index contributed by atoms with van der Waals surface area (Å²) < 4.78 is 74.9. The molecule has 1 aliphatic rings. The van der Waals surface area contributed by atoms with E-state index in [4.69, 9.17) is 0 Å². The third-order valence-corrected chi connectivity index (χ3v) is 5.45. The second-order valence-electron chi connectivity index (χ2n) is 6.68. The van der Waals surface area contributed by atoms with E-state index in [1.807, 2.05) is 5.32 Å². The van der Waals surface area contributed by atoms with Crippen LogP contribution in [-0.2, 0) is 17.5 Å². The average Bonchev–Trinajstić information content (AvgIpc) is 3.28. The number of carbonyl (C=O) groups is 1. The van der Waals surface area contributed by atoms with Crippen LogP contribution in [0, 0.1) is 0 Å². The van der Waals surface area contributed by atoms with E-state index in [-0.39, 0.29) is 6.54 Å². The number of hydrogen-bond acceptors (Lipinski definition) is 4. The summed E-state index contributed by atoms with van der Waals surface area (Å²) in [6.07, 6.45) is -7.74. The number of likely N-dealkylation sites (tertiary alicyclic amines) is 1. The quantitative estimate of drug-likeness (QED) is 0.702. The van der Waals surface area contributed by atoms with Gasteiger partial charge in [-0.3, -0.25) is 9.69 Å². The first-order valence-electron chi connectivity index (χ1n) is 8.73. The second kappa shape index (κ2) is 8.31. The van der Waals surface area contributed by atoms with Crippen molar-refractivity contribution in [3.8, 4) is 10.6 Å². The van der Waals surface area contributed by atoms with Crippen molar-refractivity contribution in [3.05, 3.63) is 40.9 Å². The molecule has 1 unspecified atom stereocenters. The number of nitrogens with one attached hydrogen (secondary N) is 1. The van der Waals surface area contributed by atoms with E-state index in [0.717, 1.165) is 12.1 Å². The number of benzene rings is 1. The standard InChI is InChI=1S/C18H17F6N3OS/c19-17(20,21)10-25-15(28)14-2-1-7-27(14)8-13-9-29-16(26-13)11-3-5-12(6-4-11)18(22,23)24/h3-6,9,14H,1-2,7-8,10H2,(H,25,28). The maximum atomic E-state index is 12.7. The summed E-state index contributed by atoms with van der Waals surface area (Å²) in [5.41, 5.74) is 0.401. The Morgan fingerprint density at radius 1 is 1.17 bits per heavy atom. The zero-order valence-corrected chi connectivity index (χ0v) is 15.8. The molecular weight excluding hydrogens is 420 g/mol. The number of thiazole rings is 1. The highest BCUT2D eigenvalue weighted by atomic mass is 32.1. The largest absolute Gasteiger partial charge is 0.416 e. The van der Waals surface area contributed by atoms with E-state index in [2.05, 4.69) is 4.98 Å². The Morgan fingerprint density at radius 2 is 1.86 bits per heavy atom. The molecule has 1 saturated heterocycles. The smallest absolute Gasteiger partial charge is 0.346 e. The fourth-order valence-electron chi connectivity index (χ4n) is 3.14. The van der Waals surface area contributed by atoms with Gasteiger partial charge in [-0.2, -0.15) is 26.3 Å². The second-order valence-corrected chi connectivity index (χ2v) is 7.54. The van der Waals surface area contributed by atoms with E-state index >= 15 is 0 Å². The van der Waals surface area contributed by atoms with Crippen LogP contribution in [0.5, 0.6) is 0 Å². The van der Waals surface area contributed by atoms with Crippen molar-refractivity contribution in [3.63, 3.8) is 0 Å². The zero-order chi connectivity index (χ0) is 21.2. The van der Waals surface area contributed by atoms with Crippen LogP contribution < -0.4 is 5.32 Å². The fraction of sp³-hybridized carbons (Fsp3) is 0.444. The lowest BCUT2D eigenvalue weighted by atomic mass is 10.1. The van der Waals surface area contributed by atoms with Crippen LogP contribution in [0.1, 0.15) is 24.1 Å². The van der Waals surface area contributed by atoms with Gasteiger partial charge in [0.1, 0.15) is 11.6 Å². The van der Waals surface area contributed by atoms with E-state index in [1.54, 1.807) is 10.3 Å². The summed E-state index contributed by atoms with van der Waals surface area (Å²) in [5, 5.41) is 4.18. The van der Waals surface area contributed by atoms with Crippen LogP contribution in [0.2, 0.25) is 0 Å². The van der Waals surface area contributed by atoms with Crippen molar-refractivity contribution in [2.75, 3.05) is 13.1 Å². The van der Waals surface area contributed by atoms with Gasteiger partial charge >= 0.3 is 12.4 Å². The molecule has 3 rings (SSSR count). The van der Waals surface area contributed by atoms with Crippen molar-refractivity contribution < 1.29 is 31.1 Å². The molecule has 1 atom stereocenters. The lowest BCUT2D eigenvalue weighted by Crippen LogP contribution is -2.45. The Bertz CT molecular complexity index is 847. The Kier molecular flexibility index (Phi) is 6.18. The molecule has 1 aliphatic heterocycles. The summed E-state index contributed by atoms with van der Waals surface area (Å²) in [5.74, 6) is -0.669. The normalized spacial score (nSPS) is 18.2. The van der Waals surface area contributed by atoms with Crippen molar-refractivity contribution in [1.29, 1.82) is 0 Å². The van der Waals surface area contributed by atoms with Gasteiger partial charge in [-0.15, -0.1) is 11.3 Å². The molecule has 11 heteroatoms. The molecule has 0 bridgehead atoms. The minimum absolute atomic E-state index is 0.279. The monoisotopic (exact) mass is 437 g/mol. The first kappa shape index (κ1) is 21.6. The van der Waals surface area contributed by atoms with Crippen molar-refractivity contribution in [1.82, 2.24) is 15.2 Å². The Morgan fingerprint density at radius 3 is 2.48 bits per heavy atom. The predicted octanol–water partition coefficient (Wildman–Crippen LogP) is 4.47. The molecule has 0 spiro atoms. The molecule has 4 nitrogen and oxygen atoms in total. The summed E-state index contributed by atoms with van der Waals surface area (Å²) >= 11 is 1.25. The first-order chi connectivity index (χ1) is 13.5. The third-order valence-electron chi connectivity index (χ3n) is 4.51. The highest BCUT2D eigenvalue weighted by molar-refractivity contribution is 7.13. The number of hydrogen-bond donors (Lipinski definition) is 1. The number of amides is 1.